The van der Waals surface area contributed by atoms with E-state index in [-0.39, 0.29) is 12.4 Å². The Morgan fingerprint density at radius 2 is 1.94 bits per heavy atom. The first-order valence-electron chi connectivity index (χ1n) is 5.34. The highest BCUT2D eigenvalue weighted by Gasteiger charge is 2.00. The average molecular weight is 227 g/mol. The minimum Gasteiger partial charge on any atom is -0.394 e. The molecule has 0 fully saturated rings. The summed E-state index contributed by atoms with van der Waals surface area (Å²) in [6, 6.07) is 6.48. The van der Waals surface area contributed by atoms with Crippen LogP contribution in [0.5, 0.6) is 0 Å². The molecular weight excluding hydrogens is 209 g/mol. The first-order valence-corrected chi connectivity index (χ1v) is 5.34. The van der Waals surface area contributed by atoms with Gasteiger partial charge in [0.25, 0.3) is 0 Å². The van der Waals surface area contributed by atoms with E-state index in [1.165, 1.54) is 12.1 Å². The number of nitrogens with zero attached hydrogens (tertiary/aromatic N) is 1. The van der Waals surface area contributed by atoms with Crippen LogP contribution in [0.2, 0.25) is 0 Å². The molecule has 1 rings (SSSR count). The minimum atomic E-state index is -0.210. The van der Waals surface area contributed by atoms with Crippen molar-refractivity contribution in [2.75, 3.05) is 33.4 Å². The number of hydrogen-bond acceptors (Lipinski definition) is 3. The van der Waals surface area contributed by atoms with E-state index < -0.39 is 0 Å². The van der Waals surface area contributed by atoms with Gasteiger partial charge in [0.1, 0.15) is 5.82 Å². The Kier molecular flexibility index (Phi) is 6.00. The van der Waals surface area contributed by atoms with Crippen molar-refractivity contribution in [3.05, 3.63) is 35.6 Å². The molecular formula is C12H18FNO2. The topological polar surface area (TPSA) is 32.7 Å². The molecule has 0 aliphatic heterocycles. The lowest BCUT2D eigenvalue weighted by molar-refractivity contribution is 0.0773. The number of halogens is 1. The third-order valence-electron chi connectivity index (χ3n) is 2.22. The van der Waals surface area contributed by atoms with E-state index in [4.69, 9.17) is 9.84 Å². The highest BCUT2D eigenvalue weighted by Crippen LogP contribution is 2.05. The molecule has 4 heteroatoms. The molecule has 0 unspecified atom stereocenters. The Morgan fingerprint density at radius 1 is 1.25 bits per heavy atom. The molecule has 0 saturated carbocycles. The van der Waals surface area contributed by atoms with Crippen LogP contribution < -0.4 is 0 Å². The fourth-order valence-corrected chi connectivity index (χ4v) is 1.37. The molecule has 0 bridgehead atoms. The van der Waals surface area contributed by atoms with Crippen LogP contribution in [0, 0.1) is 5.82 Å². The van der Waals surface area contributed by atoms with Crippen molar-refractivity contribution in [3.8, 4) is 0 Å². The van der Waals surface area contributed by atoms with Gasteiger partial charge in [-0.3, -0.25) is 4.90 Å². The predicted molar refractivity (Wildman–Crippen MR) is 60.6 cm³/mol. The maximum Gasteiger partial charge on any atom is 0.123 e. The molecule has 16 heavy (non-hydrogen) atoms. The first-order chi connectivity index (χ1) is 7.72. The number of rotatable bonds is 7. The van der Waals surface area contributed by atoms with Gasteiger partial charge in [-0.25, -0.2) is 4.39 Å². The van der Waals surface area contributed by atoms with Gasteiger partial charge in [0.05, 0.1) is 19.8 Å². The smallest absolute Gasteiger partial charge is 0.123 e. The summed E-state index contributed by atoms with van der Waals surface area (Å²) in [4.78, 5) is 2.09. The van der Waals surface area contributed by atoms with E-state index in [1.54, 1.807) is 12.1 Å². The zero-order valence-electron chi connectivity index (χ0n) is 9.53. The summed E-state index contributed by atoms with van der Waals surface area (Å²) in [7, 11) is 1.98. The van der Waals surface area contributed by atoms with Crippen LogP contribution >= 0.6 is 0 Å². The predicted octanol–water partition coefficient (Wildman–Crippen LogP) is 1.27. The number of likely N-dealkylation sites (N-methyl/N-ethyl adjacent to an activating group) is 1. The Balaban J connectivity index is 2.23. The second kappa shape index (κ2) is 7.33. The maximum atomic E-state index is 12.7. The molecule has 0 aromatic heterocycles. The Hall–Kier alpha value is -0.970. The molecule has 0 aliphatic rings. The van der Waals surface area contributed by atoms with Gasteiger partial charge in [-0.2, -0.15) is 0 Å². The number of ether oxygens (including phenoxy) is 1. The largest absolute Gasteiger partial charge is 0.394 e. The lowest BCUT2D eigenvalue weighted by atomic mass is 10.2. The molecule has 0 spiro atoms. The number of hydrogen-bond donors (Lipinski definition) is 1. The van der Waals surface area contributed by atoms with Crippen LogP contribution in [-0.2, 0) is 11.3 Å². The fourth-order valence-electron chi connectivity index (χ4n) is 1.37. The van der Waals surface area contributed by atoms with E-state index in [0.29, 0.717) is 13.2 Å². The molecule has 0 atom stereocenters. The quantitative estimate of drug-likeness (QED) is 0.712. The van der Waals surface area contributed by atoms with Gasteiger partial charge in [-0.05, 0) is 24.7 Å². The van der Waals surface area contributed by atoms with Crippen molar-refractivity contribution in [2.24, 2.45) is 0 Å². The Bertz CT molecular complexity index is 290. The third-order valence-corrected chi connectivity index (χ3v) is 2.22. The summed E-state index contributed by atoms with van der Waals surface area (Å²) in [5.74, 6) is -0.210. The summed E-state index contributed by atoms with van der Waals surface area (Å²) in [6.45, 7) is 2.59. The fraction of sp³-hybridized carbons (Fsp3) is 0.500. The third kappa shape index (κ3) is 5.21. The van der Waals surface area contributed by atoms with E-state index in [2.05, 4.69) is 4.90 Å². The zero-order chi connectivity index (χ0) is 11.8. The van der Waals surface area contributed by atoms with Gasteiger partial charge in [-0.1, -0.05) is 12.1 Å². The first kappa shape index (κ1) is 13.1. The summed E-state index contributed by atoms with van der Waals surface area (Å²) >= 11 is 0. The van der Waals surface area contributed by atoms with Crippen molar-refractivity contribution in [2.45, 2.75) is 6.54 Å². The number of aliphatic hydroxyl groups excluding tert-OH is 1. The summed E-state index contributed by atoms with van der Waals surface area (Å²) in [5.41, 5.74) is 1.08. The van der Waals surface area contributed by atoms with Crippen LogP contribution in [-0.4, -0.2) is 43.4 Å². The highest BCUT2D eigenvalue weighted by atomic mass is 19.1. The highest BCUT2D eigenvalue weighted by molar-refractivity contribution is 5.15. The monoisotopic (exact) mass is 227 g/mol. The maximum absolute atomic E-state index is 12.7. The molecule has 0 saturated heterocycles. The van der Waals surface area contributed by atoms with Crippen LogP contribution in [0.1, 0.15) is 5.56 Å². The molecule has 1 aromatic rings. The minimum absolute atomic E-state index is 0.0572. The average Bonchev–Trinajstić information content (AvgIpc) is 2.28. The van der Waals surface area contributed by atoms with Crippen LogP contribution in [0.25, 0.3) is 0 Å². The van der Waals surface area contributed by atoms with E-state index >= 15 is 0 Å². The van der Waals surface area contributed by atoms with Gasteiger partial charge < -0.3 is 9.84 Å². The van der Waals surface area contributed by atoms with Crippen molar-refractivity contribution >= 4 is 0 Å². The Morgan fingerprint density at radius 3 is 2.56 bits per heavy atom. The van der Waals surface area contributed by atoms with Crippen LogP contribution in [0.4, 0.5) is 4.39 Å². The van der Waals surface area contributed by atoms with Gasteiger partial charge in [-0.15, -0.1) is 0 Å². The molecule has 3 nitrogen and oxygen atoms in total. The van der Waals surface area contributed by atoms with Gasteiger partial charge in [0, 0.05) is 13.1 Å². The van der Waals surface area contributed by atoms with Crippen LogP contribution in [0.3, 0.4) is 0 Å². The van der Waals surface area contributed by atoms with Crippen molar-refractivity contribution in [3.63, 3.8) is 0 Å². The molecule has 1 aromatic carbocycles. The van der Waals surface area contributed by atoms with Gasteiger partial charge in [0.15, 0.2) is 0 Å². The second-order valence-corrected chi connectivity index (χ2v) is 3.70. The summed E-state index contributed by atoms with van der Waals surface area (Å²) in [5, 5.41) is 8.52. The van der Waals surface area contributed by atoms with Gasteiger partial charge >= 0.3 is 0 Å². The lowest BCUT2D eigenvalue weighted by Crippen LogP contribution is -2.23. The normalized spacial score (nSPS) is 11.0. The molecule has 0 heterocycles. The van der Waals surface area contributed by atoms with E-state index in [9.17, 15) is 4.39 Å². The Labute approximate surface area is 95.5 Å². The van der Waals surface area contributed by atoms with E-state index in [0.717, 1.165) is 18.7 Å². The van der Waals surface area contributed by atoms with Crippen molar-refractivity contribution < 1.29 is 14.2 Å². The zero-order valence-corrected chi connectivity index (χ0v) is 9.53. The van der Waals surface area contributed by atoms with Crippen LogP contribution in [0.15, 0.2) is 24.3 Å². The molecule has 0 radical (unpaired) electrons. The molecule has 0 aliphatic carbocycles. The lowest BCUT2D eigenvalue weighted by Gasteiger charge is -2.16. The second-order valence-electron chi connectivity index (χ2n) is 3.70. The molecule has 1 N–H and O–H groups in total. The number of benzene rings is 1. The molecule has 0 amide bonds. The SMILES string of the molecule is CN(CCOCCO)Cc1ccc(F)cc1. The summed E-state index contributed by atoms with van der Waals surface area (Å²) < 4.78 is 17.8. The van der Waals surface area contributed by atoms with Gasteiger partial charge in [0.2, 0.25) is 0 Å². The molecule has 90 valence electrons. The van der Waals surface area contributed by atoms with Crippen molar-refractivity contribution in [1.29, 1.82) is 0 Å². The number of aliphatic hydroxyl groups is 1. The van der Waals surface area contributed by atoms with E-state index in [1.807, 2.05) is 7.05 Å². The standard InChI is InChI=1S/C12H18FNO2/c1-14(6-8-16-9-7-15)10-11-2-4-12(13)5-3-11/h2-5,15H,6-10H2,1H3. The van der Waals surface area contributed by atoms with Crippen molar-refractivity contribution in [1.82, 2.24) is 4.90 Å². The summed E-state index contributed by atoms with van der Waals surface area (Å²) in [6.07, 6.45) is 0.